The van der Waals surface area contributed by atoms with Crippen LogP contribution in [0.1, 0.15) is 0 Å². The molecule has 4 heteroatoms. The zero-order valence-corrected chi connectivity index (χ0v) is 28.6. The van der Waals surface area contributed by atoms with E-state index in [-0.39, 0.29) is 0 Å². The highest BCUT2D eigenvalue weighted by Crippen LogP contribution is 2.45. The van der Waals surface area contributed by atoms with Crippen LogP contribution in [0, 0.1) is 0 Å². The van der Waals surface area contributed by atoms with E-state index >= 15 is 0 Å². The molecule has 248 valence electrons. The molecule has 2 aromatic heterocycles. The fraction of sp³-hybridized carbons (Fsp3) is 0. The van der Waals surface area contributed by atoms with Gasteiger partial charge in [0.05, 0.1) is 5.56 Å². The van der Waals surface area contributed by atoms with Crippen LogP contribution in [0.4, 0.5) is 0 Å². The lowest BCUT2D eigenvalue weighted by Crippen LogP contribution is -2.00. The number of fused-ring (bicyclic) bond motifs is 5. The molecule has 0 aliphatic heterocycles. The first-order valence-corrected chi connectivity index (χ1v) is 17.8. The molecule has 0 N–H and O–H groups in total. The highest BCUT2D eigenvalue weighted by Gasteiger charge is 2.22. The van der Waals surface area contributed by atoms with Crippen molar-refractivity contribution in [1.82, 2.24) is 15.0 Å². The molecular weight excluding hydrogens is 647 g/mol. The number of rotatable bonds is 6. The van der Waals surface area contributed by atoms with E-state index in [9.17, 15) is 0 Å². The average molecular weight is 678 g/mol. The molecule has 0 bridgehead atoms. The second-order valence-corrected chi connectivity index (χ2v) is 13.2. The molecular formula is C49H31N3O. The minimum Gasteiger partial charge on any atom is -0.455 e. The highest BCUT2D eigenvalue weighted by atomic mass is 16.3. The SMILES string of the molecule is c1ccc(-c2cc(-c3ccccc3)cc(-c3cc4ccccc4c4c3oc3c(-c5nc(-c6ccccc6)nc(-c6ccccc6)n5)cccc34)c2)cc1. The van der Waals surface area contributed by atoms with Crippen molar-refractivity contribution in [1.29, 1.82) is 0 Å². The van der Waals surface area contributed by atoms with Crippen LogP contribution in [0.15, 0.2) is 192 Å². The smallest absolute Gasteiger partial charge is 0.167 e. The van der Waals surface area contributed by atoms with Gasteiger partial charge in [-0.05, 0) is 68.9 Å². The van der Waals surface area contributed by atoms with E-state index in [2.05, 4.69) is 127 Å². The number of nitrogens with zero attached hydrogens (tertiary/aromatic N) is 3. The lowest BCUT2D eigenvalue weighted by Gasteiger charge is -2.13. The van der Waals surface area contributed by atoms with Crippen molar-refractivity contribution in [2.24, 2.45) is 0 Å². The van der Waals surface area contributed by atoms with Gasteiger partial charge in [-0.15, -0.1) is 0 Å². The molecule has 8 aromatic carbocycles. The minimum absolute atomic E-state index is 0.561. The summed E-state index contributed by atoms with van der Waals surface area (Å²) in [7, 11) is 0. The molecule has 0 fully saturated rings. The average Bonchev–Trinajstić information content (AvgIpc) is 3.65. The molecule has 10 aromatic rings. The third kappa shape index (κ3) is 5.54. The fourth-order valence-electron chi connectivity index (χ4n) is 7.35. The molecule has 0 unspecified atom stereocenters. The second kappa shape index (κ2) is 12.9. The van der Waals surface area contributed by atoms with Crippen LogP contribution < -0.4 is 0 Å². The highest BCUT2D eigenvalue weighted by molar-refractivity contribution is 6.24. The zero-order valence-electron chi connectivity index (χ0n) is 28.6. The van der Waals surface area contributed by atoms with Gasteiger partial charge in [-0.2, -0.15) is 0 Å². The molecule has 0 amide bonds. The molecule has 0 aliphatic rings. The summed E-state index contributed by atoms with van der Waals surface area (Å²) in [5, 5.41) is 4.37. The third-order valence-corrected chi connectivity index (χ3v) is 9.89. The quantitative estimate of drug-likeness (QED) is 0.176. The molecule has 0 radical (unpaired) electrons. The van der Waals surface area contributed by atoms with Gasteiger partial charge in [0.2, 0.25) is 0 Å². The van der Waals surface area contributed by atoms with E-state index in [1.54, 1.807) is 0 Å². The Morgan fingerprint density at radius 3 is 1.36 bits per heavy atom. The molecule has 0 atom stereocenters. The molecule has 10 rings (SSSR count). The van der Waals surface area contributed by atoms with Crippen LogP contribution in [-0.2, 0) is 0 Å². The van der Waals surface area contributed by atoms with Gasteiger partial charge < -0.3 is 4.42 Å². The number of hydrogen-bond acceptors (Lipinski definition) is 4. The van der Waals surface area contributed by atoms with Gasteiger partial charge >= 0.3 is 0 Å². The van der Waals surface area contributed by atoms with Crippen molar-refractivity contribution in [3.8, 4) is 67.5 Å². The Morgan fingerprint density at radius 2 is 0.774 bits per heavy atom. The van der Waals surface area contributed by atoms with E-state index < -0.39 is 0 Å². The van der Waals surface area contributed by atoms with Gasteiger partial charge in [-0.1, -0.05) is 158 Å². The van der Waals surface area contributed by atoms with Crippen molar-refractivity contribution in [2.75, 3.05) is 0 Å². The largest absolute Gasteiger partial charge is 0.455 e. The first-order valence-electron chi connectivity index (χ1n) is 17.8. The molecule has 2 heterocycles. The van der Waals surface area contributed by atoms with Crippen molar-refractivity contribution in [3.63, 3.8) is 0 Å². The minimum atomic E-state index is 0.561. The first-order chi connectivity index (χ1) is 26.3. The maximum absolute atomic E-state index is 7.11. The standard InChI is InChI=1S/C49H31N3O/c1-5-16-32(17-6-1)37-28-38(33-18-7-2-8-19-33)30-39(29-37)43-31-36-24-13-14-25-40(36)44-41-26-15-27-42(45(41)53-46(43)44)49-51-47(34-20-9-3-10-21-34)50-48(52-49)35-22-11-4-12-23-35/h1-31H. The lowest BCUT2D eigenvalue weighted by atomic mass is 9.91. The topological polar surface area (TPSA) is 51.8 Å². The van der Waals surface area contributed by atoms with Gasteiger partial charge in [0.1, 0.15) is 11.2 Å². The van der Waals surface area contributed by atoms with Crippen LogP contribution in [0.3, 0.4) is 0 Å². The number of hydrogen-bond donors (Lipinski definition) is 0. The summed E-state index contributed by atoms with van der Waals surface area (Å²) in [6, 6.07) is 65.2. The number of benzene rings is 8. The summed E-state index contributed by atoms with van der Waals surface area (Å²) in [6.07, 6.45) is 0. The van der Waals surface area contributed by atoms with Crippen molar-refractivity contribution in [2.45, 2.75) is 0 Å². The van der Waals surface area contributed by atoms with Crippen LogP contribution in [0.25, 0.3) is 100 Å². The summed E-state index contributed by atoms with van der Waals surface area (Å²) >= 11 is 0. The van der Waals surface area contributed by atoms with Crippen molar-refractivity contribution in [3.05, 3.63) is 188 Å². The van der Waals surface area contributed by atoms with Crippen LogP contribution in [-0.4, -0.2) is 15.0 Å². The Balaban J connectivity index is 1.25. The van der Waals surface area contributed by atoms with E-state index in [4.69, 9.17) is 19.4 Å². The normalized spacial score (nSPS) is 11.4. The molecule has 0 saturated carbocycles. The van der Waals surface area contributed by atoms with Crippen LogP contribution in [0.2, 0.25) is 0 Å². The molecule has 0 saturated heterocycles. The van der Waals surface area contributed by atoms with Crippen LogP contribution >= 0.6 is 0 Å². The number of para-hydroxylation sites is 1. The zero-order chi connectivity index (χ0) is 35.1. The van der Waals surface area contributed by atoms with Crippen LogP contribution in [0.5, 0.6) is 0 Å². The van der Waals surface area contributed by atoms with Gasteiger partial charge in [0, 0.05) is 27.5 Å². The summed E-state index contributed by atoms with van der Waals surface area (Å²) in [6.45, 7) is 0. The fourth-order valence-corrected chi connectivity index (χ4v) is 7.35. The molecule has 53 heavy (non-hydrogen) atoms. The second-order valence-electron chi connectivity index (χ2n) is 13.2. The van der Waals surface area contributed by atoms with Crippen molar-refractivity contribution < 1.29 is 4.42 Å². The summed E-state index contributed by atoms with van der Waals surface area (Å²) in [4.78, 5) is 15.1. The van der Waals surface area contributed by atoms with Gasteiger partial charge in [-0.3, -0.25) is 0 Å². The Kier molecular flexibility index (Phi) is 7.43. The third-order valence-electron chi connectivity index (χ3n) is 9.89. The maximum Gasteiger partial charge on any atom is 0.167 e. The number of furan rings is 1. The van der Waals surface area contributed by atoms with Gasteiger partial charge in [-0.25, -0.2) is 15.0 Å². The summed E-state index contributed by atoms with van der Waals surface area (Å²) in [5.74, 6) is 1.78. The monoisotopic (exact) mass is 677 g/mol. The first kappa shape index (κ1) is 30.6. The Bertz CT molecular complexity index is 2810. The predicted molar refractivity (Wildman–Crippen MR) is 217 cm³/mol. The number of aromatic nitrogens is 3. The van der Waals surface area contributed by atoms with Gasteiger partial charge in [0.25, 0.3) is 0 Å². The van der Waals surface area contributed by atoms with E-state index in [1.165, 1.54) is 0 Å². The Labute approximate surface area is 306 Å². The molecule has 0 aliphatic carbocycles. The van der Waals surface area contributed by atoms with Crippen molar-refractivity contribution >= 4 is 32.7 Å². The summed E-state index contributed by atoms with van der Waals surface area (Å²) < 4.78 is 7.11. The molecule has 4 nitrogen and oxygen atoms in total. The predicted octanol–water partition coefficient (Wildman–Crippen LogP) is 12.9. The summed E-state index contributed by atoms with van der Waals surface area (Å²) in [5.41, 5.74) is 11.0. The van der Waals surface area contributed by atoms with E-state index in [0.717, 1.165) is 82.8 Å². The lowest BCUT2D eigenvalue weighted by molar-refractivity contribution is 0.671. The Morgan fingerprint density at radius 1 is 0.302 bits per heavy atom. The van der Waals surface area contributed by atoms with E-state index in [0.29, 0.717) is 17.5 Å². The molecule has 0 spiro atoms. The van der Waals surface area contributed by atoms with Gasteiger partial charge in [0.15, 0.2) is 17.5 Å². The Hall–Kier alpha value is -7.17. The maximum atomic E-state index is 7.11. The van der Waals surface area contributed by atoms with E-state index in [1.807, 2.05) is 60.7 Å².